The quantitative estimate of drug-likeness (QED) is 0.705. The van der Waals surface area contributed by atoms with Gasteiger partial charge in [-0.25, -0.2) is 0 Å². The zero-order valence-corrected chi connectivity index (χ0v) is 12.3. The summed E-state index contributed by atoms with van der Waals surface area (Å²) in [6, 6.07) is 0. The molecule has 0 bridgehead atoms. The Balaban J connectivity index is 1.81. The lowest BCUT2D eigenvalue weighted by Crippen LogP contribution is -2.41. The average molecular weight is 288 g/mol. The Morgan fingerprint density at radius 2 is 1.81 bits per heavy atom. The second-order valence-corrected chi connectivity index (χ2v) is 6.53. The first-order valence-corrected chi connectivity index (χ1v) is 8.18. The van der Waals surface area contributed by atoms with E-state index in [9.17, 15) is 0 Å². The maximum Gasteiger partial charge on any atom is 0.0100 e. The minimum Gasteiger partial charge on any atom is -0.303 e. The molecule has 1 aliphatic carbocycles. The summed E-state index contributed by atoms with van der Waals surface area (Å²) in [6.07, 6.45) is 10.1. The van der Waals surface area contributed by atoms with Crippen molar-refractivity contribution in [3.05, 3.63) is 0 Å². The summed E-state index contributed by atoms with van der Waals surface area (Å²) in [7, 11) is 0. The fourth-order valence-electron chi connectivity index (χ4n) is 3.49. The third-order valence-electron chi connectivity index (χ3n) is 4.79. The monoisotopic (exact) mass is 287 g/mol. The number of halogens is 1. The number of alkyl halides is 1. The lowest BCUT2D eigenvalue weighted by molar-refractivity contribution is 0.124. The lowest BCUT2D eigenvalue weighted by Gasteiger charge is -2.38. The first-order chi connectivity index (χ1) is 7.78. The predicted molar refractivity (Wildman–Crippen MR) is 74.2 cm³/mol. The first-order valence-electron chi connectivity index (χ1n) is 7.06. The van der Waals surface area contributed by atoms with E-state index < -0.39 is 0 Å². The number of rotatable bonds is 4. The van der Waals surface area contributed by atoms with Crippen LogP contribution in [0.3, 0.4) is 0 Å². The molecular weight excluding hydrogens is 262 g/mol. The van der Waals surface area contributed by atoms with Crippen LogP contribution in [0.25, 0.3) is 0 Å². The maximum absolute atomic E-state index is 3.76. The van der Waals surface area contributed by atoms with Gasteiger partial charge in [-0.2, -0.15) is 0 Å². The van der Waals surface area contributed by atoms with E-state index in [0.29, 0.717) is 5.41 Å². The Kier molecular flexibility index (Phi) is 4.72. The highest BCUT2D eigenvalue weighted by atomic mass is 79.9. The van der Waals surface area contributed by atoms with Crippen molar-refractivity contribution in [2.45, 2.75) is 51.9 Å². The molecule has 1 aliphatic heterocycles. The molecule has 0 spiro atoms. The third-order valence-corrected chi connectivity index (χ3v) is 5.98. The second-order valence-electron chi connectivity index (χ2n) is 5.97. The van der Waals surface area contributed by atoms with Gasteiger partial charge in [0, 0.05) is 11.9 Å². The fraction of sp³-hybridized carbons (Fsp3) is 1.00. The molecule has 2 aliphatic rings. The number of hydrogen-bond acceptors (Lipinski definition) is 1. The van der Waals surface area contributed by atoms with E-state index in [1.807, 2.05) is 0 Å². The lowest BCUT2D eigenvalue weighted by atomic mass is 9.86. The van der Waals surface area contributed by atoms with Crippen molar-refractivity contribution >= 4 is 15.9 Å². The predicted octanol–water partition coefficient (Wildman–Crippen LogP) is 4.06. The van der Waals surface area contributed by atoms with Crippen LogP contribution in [0.5, 0.6) is 0 Å². The summed E-state index contributed by atoms with van der Waals surface area (Å²) < 4.78 is 0. The molecule has 0 radical (unpaired) electrons. The molecule has 2 fully saturated rings. The van der Waals surface area contributed by atoms with Gasteiger partial charge in [-0.1, -0.05) is 42.1 Å². The molecule has 0 aromatic carbocycles. The Hall–Kier alpha value is 0.440. The van der Waals surface area contributed by atoms with Crippen LogP contribution in [0, 0.1) is 11.3 Å². The summed E-state index contributed by atoms with van der Waals surface area (Å²) in [5, 5.41) is 1.22. The molecule has 0 aromatic heterocycles. The van der Waals surface area contributed by atoms with Gasteiger partial charge < -0.3 is 4.90 Å². The second kappa shape index (κ2) is 5.86. The molecule has 16 heavy (non-hydrogen) atoms. The van der Waals surface area contributed by atoms with Gasteiger partial charge in [0.05, 0.1) is 0 Å². The smallest absolute Gasteiger partial charge is 0.0100 e. The van der Waals surface area contributed by atoms with Crippen molar-refractivity contribution in [3.63, 3.8) is 0 Å². The zero-order valence-electron chi connectivity index (χ0n) is 10.7. The van der Waals surface area contributed by atoms with E-state index in [0.717, 1.165) is 5.92 Å². The molecule has 1 nitrogen and oxygen atoms in total. The van der Waals surface area contributed by atoms with Crippen LogP contribution in [0.4, 0.5) is 0 Å². The van der Waals surface area contributed by atoms with Crippen LogP contribution in [0.15, 0.2) is 0 Å². The van der Waals surface area contributed by atoms with Gasteiger partial charge in [0.25, 0.3) is 0 Å². The fourth-order valence-corrected chi connectivity index (χ4v) is 4.22. The highest BCUT2D eigenvalue weighted by Crippen LogP contribution is 2.40. The molecule has 1 heterocycles. The van der Waals surface area contributed by atoms with Crippen molar-refractivity contribution < 1.29 is 0 Å². The largest absolute Gasteiger partial charge is 0.303 e. The van der Waals surface area contributed by atoms with E-state index in [2.05, 4.69) is 27.8 Å². The summed E-state index contributed by atoms with van der Waals surface area (Å²) in [5.41, 5.74) is 0.624. The molecule has 0 atom stereocenters. The minimum absolute atomic E-state index is 0.624. The van der Waals surface area contributed by atoms with Gasteiger partial charge >= 0.3 is 0 Å². The number of piperidine rings is 1. The topological polar surface area (TPSA) is 3.24 Å². The van der Waals surface area contributed by atoms with E-state index >= 15 is 0 Å². The standard InChI is InChI=1S/C14H26BrN/c1-2-13-5-9-16(10-6-13)12-14(11-15)7-3-4-8-14/h13H,2-12H2,1H3. The van der Waals surface area contributed by atoms with Crippen LogP contribution >= 0.6 is 15.9 Å². The molecule has 1 saturated heterocycles. The summed E-state index contributed by atoms with van der Waals surface area (Å²) in [6.45, 7) is 6.41. The van der Waals surface area contributed by atoms with Gasteiger partial charge in [-0.05, 0) is 50.1 Å². The van der Waals surface area contributed by atoms with Crippen LogP contribution < -0.4 is 0 Å². The Morgan fingerprint density at radius 3 is 2.31 bits per heavy atom. The SMILES string of the molecule is CCC1CCN(CC2(CBr)CCCC2)CC1. The molecule has 2 rings (SSSR count). The van der Waals surface area contributed by atoms with E-state index in [1.54, 1.807) is 0 Å². The number of likely N-dealkylation sites (tertiary alicyclic amines) is 1. The summed E-state index contributed by atoms with van der Waals surface area (Å²) in [5.74, 6) is 1.01. The Morgan fingerprint density at radius 1 is 1.19 bits per heavy atom. The van der Waals surface area contributed by atoms with Crippen LogP contribution in [-0.4, -0.2) is 29.9 Å². The van der Waals surface area contributed by atoms with Crippen molar-refractivity contribution in [1.29, 1.82) is 0 Å². The molecule has 94 valence electrons. The highest BCUT2D eigenvalue weighted by molar-refractivity contribution is 9.09. The van der Waals surface area contributed by atoms with Crippen LogP contribution in [-0.2, 0) is 0 Å². The van der Waals surface area contributed by atoms with Gasteiger partial charge in [-0.3, -0.25) is 0 Å². The molecule has 0 N–H and O–H groups in total. The van der Waals surface area contributed by atoms with Crippen LogP contribution in [0.1, 0.15) is 51.9 Å². The van der Waals surface area contributed by atoms with Gasteiger partial charge in [-0.15, -0.1) is 0 Å². The van der Waals surface area contributed by atoms with E-state index in [1.165, 1.54) is 69.9 Å². The minimum atomic E-state index is 0.624. The van der Waals surface area contributed by atoms with Crippen molar-refractivity contribution in [2.75, 3.05) is 25.0 Å². The van der Waals surface area contributed by atoms with Crippen molar-refractivity contribution in [1.82, 2.24) is 4.90 Å². The Labute approximate surface area is 109 Å². The normalized spacial score (nSPS) is 27.4. The third kappa shape index (κ3) is 3.01. The maximum atomic E-state index is 3.76. The van der Waals surface area contributed by atoms with Gasteiger partial charge in [0.2, 0.25) is 0 Å². The van der Waals surface area contributed by atoms with Gasteiger partial charge in [0.15, 0.2) is 0 Å². The number of nitrogens with zero attached hydrogens (tertiary/aromatic N) is 1. The zero-order chi connectivity index (χ0) is 11.4. The van der Waals surface area contributed by atoms with Crippen LogP contribution in [0.2, 0.25) is 0 Å². The van der Waals surface area contributed by atoms with E-state index in [-0.39, 0.29) is 0 Å². The van der Waals surface area contributed by atoms with Crippen molar-refractivity contribution in [3.8, 4) is 0 Å². The van der Waals surface area contributed by atoms with Crippen molar-refractivity contribution in [2.24, 2.45) is 11.3 Å². The van der Waals surface area contributed by atoms with Gasteiger partial charge in [0.1, 0.15) is 0 Å². The molecule has 0 aromatic rings. The Bertz CT molecular complexity index is 203. The highest BCUT2D eigenvalue weighted by Gasteiger charge is 2.35. The molecule has 2 heteroatoms. The molecule has 1 saturated carbocycles. The first kappa shape index (κ1) is 12.9. The number of hydrogen-bond donors (Lipinski definition) is 0. The average Bonchev–Trinajstić information content (AvgIpc) is 2.79. The summed E-state index contributed by atoms with van der Waals surface area (Å²) >= 11 is 3.76. The van der Waals surface area contributed by atoms with E-state index in [4.69, 9.17) is 0 Å². The molecule has 0 amide bonds. The molecule has 0 unspecified atom stereocenters. The molecular formula is C14H26BrN. The summed E-state index contributed by atoms with van der Waals surface area (Å²) in [4.78, 5) is 2.73.